The zero-order valence-electron chi connectivity index (χ0n) is 12.2. The van der Waals surface area contributed by atoms with Crippen LogP contribution in [-0.4, -0.2) is 31.0 Å². The van der Waals surface area contributed by atoms with E-state index in [1.165, 1.54) is 6.07 Å². The second-order valence-corrected chi connectivity index (χ2v) is 7.19. The number of hydrogen-bond donors (Lipinski definition) is 0. The lowest BCUT2D eigenvalue weighted by molar-refractivity contribution is 0.0356. The second kappa shape index (κ2) is 5.47. The molecule has 0 N–H and O–H groups in total. The van der Waals surface area contributed by atoms with Gasteiger partial charge in [0.15, 0.2) is 11.6 Å². The van der Waals surface area contributed by atoms with Crippen molar-refractivity contribution < 1.29 is 30.9 Å². The number of ether oxygens (including phenoxy) is 1. The van der Waals surface area contributed by atoms with Gasteiger partial charge < -0.3 is 4.74 Å². The molecule has 6 nitrogen and oxygen atoms in total. The Morgan fingerprint density at radius 3 is 2.50 bits per heavy atom. The average Bonchev–Trinajstić information content (AvgIpc) is 2.66. The number of carbonyl (C=O) groups is 1. The first kappa shape index (κ1) is 16.6. The highest BCUT2D eigenvalue weighted by Gasteiger charge is 2.45. The van der Waals surface area contributed by atoms with E-state index in [2.05, 4.69) is 4.18 Å². The van der Waals surface area contributed by atoms with Crippen LogP contribution in [0.15, 0.2) is 18.2 Å². The van der Waals surface area contributed by atoms with Gasteiger partial charge in [-0.2, -0.15) is 12.7 Å². The minimum Gasteiger partial charge on any atom is -0.443 e. The van der Waals surface area contributed by atoms with Gasteiger partial charge in [-0.3, -0.25) is 4.18 Å². The molecule has 22 heavy (non-hydrogen) atoms. The monoisotopic (exact) mass is 335 g/mol. The van der Waals surface area contributed by atoms with E-state index in [0.29, 0.717) is 4.31 Å². The third-order valence-corrected chi connectivity index (χ3v) is 4.12. The Kier molecular flexibility index (Phi) is 4.14. The Labute approximate surface area is 126 Å². The van der Waals surface area contributed by atoms with E-state index in [1.807, 2.05) is 0 Å². The molecular weight excluding hydrogens is 320 g/mol. The Balaban J connectivity index is 2.38. The molecule has 1 aliphatic rings. The first-order chi connectivity index (χ1) is 10.0. The van der Waals surface area contributed by atoms with Crippen molar-refractivity contribution in [3.8, 4) is 0 Å². The molecule has 122 valence electrons. The summed E-state index contributed by atoms with van der Waals surface area (Å²) in [6, 6.07) is 1.74. The van der Waals surface area contributed by atoms with Crippen LogP contribution in [0.1, 0.15) is 32.4 Å². The summed E-state index contributed by atoms with van der Waals surface area (Å²) in [5.41, 5.74) is -0.834. The molecule has 0 unspecified atom stereocenters. The topological polar surface area (TPSA) is 72.9 Å². The molecule has 0 radical (unpaired) electrons. The molecule has 9 heteroatoms. The minimum absolute atomic E-state index is 0.0887. The van der Waals surface area contributed by atoms with E-state index in [4.69, 9.17) is 4.74 Å². The summed E-state index contributed by atoms with van der Waals surface area (Å²) in [5, 5.41) is 0. The number of hydrogen-bond acceptors (Lipinski definition) is 5. The molecule has 0 saturated carbocycles. The fourth-order valence-corrected chi connectivity index (χ4v) is 3.04. The smallest absolute Gasteiger partial charge is 0.426 e. The summed E-state index contributed by atoms with van der Waals surface area (Å²) < 4.78 is 60.1. The summed E-state index contributed by atoms with van der Waals surface area (Å²) in [6.45, 7) is 4.32. The molecule has 1 saturated heterocycles. The lowest BCUT2D eigenvalue weighted by Crippen LogP contribution is -2.39. The van der Waals surface area contributed by atoms with Crippen molar-refractivity contribution in [3.63, 3.8) is 0 Å². The van der Waals surface area contributed by atoms with E-state index in [-0.39, 0.29) is 5.56 Å². The number of benzene rings is 1. The van der Waals surface area contributed by atoms with E-state index in [0.717, 1.165) is 12.1 Å². The van der Waals surface area contributed by atoms with E-state index in [1.54, 1.807) is 20.8 Å². The van der Waals surface area contributed by atoms with Crippen molar-refractivity contribution in [1.82, 2.24) is 4.31 Å². The van der Waals surface area contributed by atoms with Gasteiger partial charge >= 0.3 is 16.4 Å². The highest BCUT2D eigenvalue weighted by Crippen LogP contribution is 2.33. The Bertz CT molecular complexity index is 699. The first-order valence-electron chi connectivity index (χ1n) is 6.38. The molecule has 0 aliphatic carbocycles. The molecule has 1 heterocycles. The first-order valence-corrected chi connectivity index (χ1v) is 7.74. The maximum Gasteiger partial charge on any atom is 0.426 e. The standard InChI is InChI=1S/C13H15F2NO5S/c1-13(2,3)21-12(17)16-11(7-20-22(16,18)19)8-4-5-9(14)10(15)6-8/h4-6,11H,7H2,1-3H3/t11-/m1/s1. The van der Waals surface area contributed by atoms with Crippen molar-refractivity contribution in [2.75, 3.05) is 6.61 Å². The third kappa shape index (κ3) is 3.36. The number of amides is 1. The molecule has 0 bridgehead atoms. The predicted octanol–water partition coefficient (Wildman–Crippen LogP) is 2.52. The van der Waals surface area contributed by atoms with Crippen LogP contribution >= 0.6 is 0 Å². The van der Waals surface area contributed by atoms with Crippen LogP contribution in [0.3, 0.4) is 0 Å². The molecule has 1 amide bonds. The maximum atomic E-state index is 13.3. The van der Waals surface area contributed by atoms with Crippen molar-refractivity contribution in [1.29, 1.82) is 0 Å². The van der Waals surface area contributed by atoms with Crippen molar-refractivity contribution in [2.45, 2.75) is 32.4 Å². The number of rotatable bonds is 1. The third-order valence-electron chi connectivity index (χ3n) is 2.80. The number of nitrogens with zero attached hydrogens (tertiary/aromatic N) is 1. The fraction of sp³-hybridized carbons (Fsp3) is 0.462. The van der Waals surface area contributed by atoms with Gasteiger partial charge in [-0.25, -0.2) is 13.6 Å². The largest absolute Gasteiger partial charge is 0.443 e. The van der Waals surface area contributed by atoms with Gasteiger partial charge in [0.1, 0.15) is 11.6 Å². The summed E-state index contributed by atoms with van der Waals surface area (Å²) in [6.07, 6.45) is -1.14. The molecule has 1 aliphatic heterocycles. The molecule has 0 spiro atoms. The molecule has 1 aromatic rings. The molecule has 1 aromatic carbocycles. The highest BCUT2D eigenvalue weighted by molar-refractivity contribution is 7.85. The van der Waals surface area contributed by atoms with E-state index in [9.17, 15) is 22.0 Å². The van der Waals surface area contributed by atoms with Gasteiger partial charge in [0.25, 0.3) is 0 Å². The van der Waals surface area contributed by atoms with Gasteiger partial charge in [0.05, 0.1) is 6.61 Å². The summed E-state index contributed by atoms with van der Waals surface area (Å²) in [5.74, 6) is -2.22. The zero-order chi connectivity index (χ0) is 16.7. The fourth-order valence-electron chi connectivity index (χ4n) is 1.91. The minimum atomic E-state index is -4.34. The second-order valence-electron chi connectivity index (χ2n) is 5.71. The van der Waals surface area contributed by atoms with Crippen LogP contribution in [0.4, 0.5) is 13.6 Å². The van der Waals surface area contributed by atoms with Crippen LogP contribution in [0.25, 0.3) is 0 Å². The Morgan fingerprint density at radius 1 is 1.32 bits per heavy atom. The zero-order valence-corrected chi connectivity index (χ0v) is 13.0. The summed E-state index contributed by atoms with van der Waals surface area (Å²) >= 11 is 0. The molecule has 2 rings (SSSR count). The van der Waals surface area contributed by atoms with Crippen molar-refractivity contribution in [2.24, 2.45) is 0 Å². The van der Waals surface area contributed by atoms with E-state index >= 15 is 0 Å². The Hall–Kier alpha value is -1.74. The quantitative estimate of drug-likeness (QED) is 0.788. The van der Waals surface area contributed by atoms with Gasteiger partial charge in [-0.1, -0.05) is 6.07 Å². The lowest BCUT2D eigenvalue weighted by Gasteiger charge is -2.26. The Morgan fingerprint density at radius 2 is 1.95 bits per heavy atom. The van der Waals surface area contributed by atoms with Crippen molar-refractivity contribution >= 4 is 16.4 Å². The summed E-state index contributed by atoms with van der Waals surface area (Å²) in [4.78, 5) is 12.1. The SMILES string of the molecule is CC(C)(C)OC(=O)N1[C@@H](c2ccc(F)c(F)c2)COS1(=O)=O. The number of halogens is 2. The van der Waals surface area contributed by atoms with Gasteiger partial charge in [0, 0.05) is 0 Å². The van der Waals surface area contributed by atoms with Crippen LogP contribution in [0, 0.1) is 11.6 Å². The molecule has 0 aromatic heterocycles. The summed E-state index contributed by atoms with van der Waals surface area (Å²) in [7, 11) is -4.34. The number of carbonyl (C=O) groups excluding carboxylic acids is 1. The molecule has 1 fully saturated rings. The van der Waals surface area contributed by atoms with Crippen LogP contribution in [0.5, 0.6) is 0 Å². The highest BCUT2D eigenvalue weighted by atomic mass is 32.2. The average molecular weight is 335 g/mol. The maximum absolute atomic E-state index is 13.3. The van der Waals surface area contributed by atoms with Crippen LogP contribution in [0.2, 0.25) is 0 Å². The van der Waals surface area contributed by atoms with E-state index < -0.39 is 46.3 Å². The van der Waals surface area contributed by atoms with Gasteiger partial charge in [-0.15, -0.1) is 0 Å². The van der Waals surface area contributed by atoms with Gasteiger partial charge in [0.2, 0.25) is 0 Å². The molecular formula is C13H15F2NO5S. The normalized spacial score (nSPS) is 21.0. The van der Waals surface area contributed by atoms with Gasteiger partial charge in [-0.05, 0) is 38.5 Å². The predicted molar refractivity (Wildman–Crippen MR) is 72.0 cm³/mol. The molecule has 1 atom stereocenters. The lowest BCUT2D eigenvalue weighted by atomic mass is 10.1. The van der Waals surface area contributed by atoms with Crippen LogP contribution in [-0.2, 0) is 19.2 Å². The van der Waals surface area contributed by atoms with Crippen molar-refractivity contribution in [3.05, 3.63) is 35.4 Å². The van der Waals surface area contributed by atoms with Crippen LogP contribution < -0.4 is 0 Å².